The van der Waals surface area contributed by atoms with Crippen LogP contribution < -0.4 is 5.32 Å². The third kappa shape index (κ3) is 2.31. The SMILES string of the molecule is CCNC(c1cccc(C)c1C)c1ccnn1C. The normalized spacial score (nSPS) is 12.7. The van der Waals surface area contributed by atoms with E-state index >= 15 is 0 Å². The molecular formula is C15H21N3. The lowest BCUT2D eigenvalue weighted by atomic mass is 9.95. The van der Waals surface area contributed by atoms with Gasteiger partial charge in [0.1, 0.15) is 0 Å². The summed E-state index contributed by atoms with van der Waals surface area (Å²) < 4.78 is 1.94. The fourth-order valence-electron chi connectivity index (χ4n) is 2.33. The second-order valence-corrected chi connectivity index (χ2v) is 4.66. The molecule has 0 radical (unpaired) electrons. The van der Waals surface area contributed by atoms with E-state index in [0.29, 0.717) is 0 Å². The van der Waals surface area contributed by atoms with E-state index in [9.17, 15) is 0 Å². The van der Waals surface area contributed by atoms with Gasteiger partial charge in [-0.3, -0.25) is 4.68 Å². The van der Waals surface area contributed by atoms with E-state index in [-0.39, 0.29) is 6.04 Å². The van der Waals surface area contributed by atoms with Gasteiger partial charge in [-0.15, -0.1) is 0 Å². The Labute approximate surface area is 109 Å². The number of aryl methyl sites for hydroxylation is 2. The molecule has 2 rings (SSSR count). The smallest absolute Gasteiger partial charge is 0.0750 e. The van der Waals surface area contributed by atoms with Crippen LogP contribution in [0.15, 0.2) is 30.5 Å². The third-order valence-electron chi connectivity index (χ3n) is 3.52. The summed E-state index contributed by atoms with van der Waals surface area (Å²) in [6.07, 6.45) is 1.85. The number of benzene rings is 1. The van der Waals surface area contributed by atoms with Crippen molar-refractivity contribution in [1.82, 2.24) is 15.1 Å². The van der Waals surface area contributed by atoms with E-state index in [2.05, 4.69) is 55.5 Å². The van der Waals surface area contributed by atoms with Gasteiger partial charge in [-0.1, -0.05) is 25.1 Å². The highest BCUT2D eigenvalue weighted by Gasteiger charge is 2.18. The molecule has 0 saturated carbocycles. The van der Waals surface area contributed by atoms with Crippen molar-refractivity contribution in [3.63, 3.8) is 0 Å². The van der Waals surface area contributed by atoms with Crippen molar-refractivity contribution in [2.75, 3.05) is 6.54 Å². The molecule has 2 aromatic rings. The summed E-state index contributed by atoms with van der Waals surface area (Å²) in [4.78, 5) is 0. The molecule has 18 heavy (non-hydrogen) atoms. The van der Waals surface area contributed by atoms with Gasteiger partial charge < -0.3 is 5.32 Å². The zero-order valence-corrected chi connectivity index (χ0v) is 11.6. The van der Waals surface area contributed by atoms with E-state index in [4.69, 9.17) is 0 Å². The fraction of sp³-hybridized carbons (Fsp3) is 0.400. The van der Waals surface area contributed by atoms with Crippen LogP contribution in [0.4, 0.5) is 0 Å². The lowest BCUT2D eigenvalue weighted by Crippen LogP contribution is -2.25. The Hall–Kier alpha value is -1.61. The monoisotopic (exact) mass is 243 g/mol. The van der Waals surface area contributed by atoms with Gasteiger partial charge in [-0.2, -0.15) is 5.10 Å². The van der Waals surface area contributed by atoms with Crippen molar-refractivity contribution < 1.29 is 0 Å². The molecule has 0 saturated heterocycles. The van der Waals surface area contributed by atoms with E-state index in [1.54, 1.807) is 0 Å². The quantitative estimate of drug-likeness (QED) is 0.895. The number of hydrogen-bond acceptors (Lipinski definition) is 2. The summed E-state index contributed by atoms with van der Waals surface area (Å²) in [5.41, 5.74) is 5.22. The molecule has 1 aromatic carbocycles. The van der Waals surface area contributed by atoms with Crippen molar-refractivity contribution in [2.24, 2.45) is 7.05 Å². The maximum atomic E-state index is 4.27. The maximum absolute atomic E-state index is 4.27. The van der Waals surface area contributed by atoms with Crippen molar-refractivity contribution >= 4 is 0 Å². The van der Waals surface area contributed by atoms with Crippen LogP contribution in [0.3, 0.4) is 0 Å². The molecule has 3 heteroatoms. The Bertz CT molecular complexity index is 528. The Balaban J connectivity index is 2.48. The largest absolute Gasteiger partial charge is 0.305 e. The molecule has 0 amide bonds. The summed E-state index contributed by atoms with van der Waals surface area (Å²) in [5, 5.41) is 7.82. The molecule has 0 bridgehead atoms. The zero-order valence-electron chi connectivity index (χ0n) is 11.6. The van der Waals surface area contributed by atoms with Gasteiger partial charge >= 0.3 is 0 Å². The van der Waals surface area contributed by atoms with Gasteiger partial charge in [0.2, 0.25) is 0 Å². The molecular weight excluding hydrogens is 222 g/mol. The predicted octanol–water partition coefficient (Wildman–Crippen LogP) is 2.74. The summed E-state index contributed by atoms with van der Waals surface area (Å²) in [7, 11) is 1.99. The fourth-order valence-corrected chi connectivity index (χ4v) is 2.33. The number of nitrogens with zero attached hydrogens (tertiary/aromatic N) is 2. The van der Waals surface area contributed by atoms with Crippen LogP contribution in [-0.2, 0) is 7.05 Å². The Morgan fingerprint density at radius 1 is 1.28 bits per heavy atom. The first kappa shape index (κ1) is 12.8. The van der Waals surface area contributed by atoms with Gasteiger partial charge in [0.15, 0.2) is 0 Å². The number of nitrogens with one attached hydrogen (secondary N) is 1. The van der Waals surface area contributed by atoms with Gasteiger partial charge in [0.25, 0.3) is 0 Å². The minimum atomic E-state index is 0.211. The lowest BCUT2D eigenvalue weighted by molar-refractivity contribution is 0.570. The standard InChI is InChI=1S/C15H21N3/c1-5-16-15(14-9-10-17-18(14)4)13-8-6-7-11(2)12(13)3/h6-10,15-16H,5H2,1-4H3. The molecule has 0 fully saturated rings. The minimum Gasteiger partial charge on any atom is -0.305 e. The first-order valence-electron chi connectivity index (χ1n) is 6.42. The second kappa shape index (κ2) is 5.36. The van der Waals surface area contributed by atoms with Crippen LogP contribution in [0.1, 0.15) is 35.3 Å². The Morgan fingerprint density at radius 3 is 2.67 bits per heavy atom. The average Bonchev–Trinajstić information content (AvgIpc) is 2.76. The molecule has 1 heterocycles. The van der Waals surface area contributed by atoms with Crippen LogP contribution in [0.5, 0.6) is 0 Å². The highest BCUT2D eigenvalue weighted by Crippen LogP contribution is 2.25. The van der Waals surface area contributed by atoms with E-state index in [1.165, 1.54) is 22.4 Å². The van der Waals surface area contributed by atoms with Crippen LogP contribution in [0, 0.1) is 13.8 Å². The van der Waals surface area contributed by atoms with Crippen LogP contribution in [-0.4, -0.2) is 16.3 Å². The van der Waals surface area contributed by atoms with Crippen molar-refractivity contribution in [3.05, 3.63) is 52.8 Å². The summed E-state index contributed by atoms with van der Waals surface area (Å²) in [6, 6.07) is 8.77. The third-order valence-corrected chi connectivity index (χ3v) is 3.52. The molecule has 1 N–H and O–H groups in total. The first-order chi connectivity index (χ1) is 8.65. The van der Waals surface area contributed by atoms with Gasteiger partial charge in [-0.25, -0.2) is 0 Å². The molecule has 1 unspecified atom stereocenters. The highest BCUT2D eigenvalue weighted by atomic mass is 15.3. The molecule has 1 atom stereocenters. The summed E-state index contributed by atoms with van der Waals surface area (Å²) in [6.45, 7) is 7.41. The molecule has 0 aliphatic heterocycles. The summed E-state index contributed by atoms with van der Waals surface area (Å²) in [5.74, 6) is 0. The van der Waals surface area contributed by atoms with Crippen LogP contribution in [0.25, 0.3) is 0 Å². The van der Waals surface area contributed by atoms with E-state index in [1.807, 2.05) is 17.9 Å². The van der Waals surface area contributed by atoms with Gasteiger partial charge in [0, 0.05) is 13.2 Å². The Morgan fingerprint density at radius 2 is 2.06 bits per heavy atom. The molecule has 0 spiro atoms. The minimum absolute atomic E-state index is 0.211. The second-order valence-electron chi connectivity index (χ2n) is 4.66. The van der Waals surface area contributed by atoms with Crippen molar-refractivity contribution in [1.29, 1.82) is 0 Å². The number of aromatic nitrogens is 2. The highest BCUT2D eigenvalue weighted by molar-refractivity contribution is 5.39. The van der Waals surface area contributed by atoms with Gasteiger partial charge in [0.05, 0.1) is 11.7 Å². The van der Waals surface area contributed by atoms with Crippen molar-refractivity contribution in [2.45, 2.75) is 26.8 Å². The number of rotatable bonds is 4. The average molecular weight is 243 g/mol. The Kier molecular flexibility index (Phi) is 3.82. The predicted molar refractivity (Wildman–Crippen MR) is 74.6 cm³/mol. The van der Waals surface area contributed by atoms with Crippen LogP contribution >= 0.6 is 0 Å². The maximum Gasteiger partial charge on any atom is 0.0750 e. The molecule has 3 nitrogen and oxygen atoms in total. The van der Waals surface area contributed by atoms with E-state index in [0.717, 1.165) is 6.54 Å². The number of hydrogen-bond donors (Lipinski definition) is 1. The lowest BCUT2D eigenvalue weighted by Gasteiger charge is -2.21. The molecule has 96 valence electrons. The van der Waals surface area contributed by atoms with Crippen LogP contribution in [0.2, 0.25) is 0 Å². The zero-order chi connectivity index (χ0) is 13.1. The molecule has 0 aliphatic carbocycles. The summed E-state index contributed by atoms with van der Waals surface area (Å²) >= 11 is 0. The molecule has 1 aromatic heterocycles. The van der Waals surface area contributed by atoms with Crippen molar-refractivity contribution in [3.8, 4) is 0 Å². The topological polar surface area (TPSA) is 29.9 Å². The van der Waals surface area contributed by atoms with E-state index < -0.39 is 0 Å². The van der Waals surface area contributed by atoms with Gasteiger partial charge in [-0.05, 0) is 43.1 Å². The first-order valence-corrected chi connectivity index (χ1v) is 6.42. The molecule has 0 aliphatic rings.